The summed E-state index contributed by atoms with van der Waals surface area (Å²) in [6, 6.07) is 12.7. The number of nitrogens with one attached hydrogen (secondary N) is 1. The number of aryl methyl sites for hydroxylation is 1. The number of benzene rings is 1. The molecule has 1 aliphatic rings. The molecule has 3 heterocycles. The Labute approximate surface area is 181 Å². The van der Waals surface area contributed by atoms with Gasteiger partial charge in [0.1, 0.15) is 15.8 Å². The Hall–Kier alpha value is -3.30. The molecule has 1 aliphatic heterocycles. The molecule has 1 fully saturated rings. The molecule has 0 aliphatic carbocycles. The second-order valence-electron chi connectivity index (χ2n) is 6.27. The molecule has 1 amide bonds. The lowest BCUT2D eigenvalue weighted by Crippen LogP contribution is -2.17. The number of carbonyl (C=O) groups is 2. The topological polar surface area (TPSA) is 94.3 Å². The van der Waals surface area contributed by atoms with Gasteiger partial charge in [-0.1, -0.05) is 42.2 Å². The number of thioether (sulfide) groups is 1. The van der Waals surface area contributed by atoms with Gasteiger partial charge in [0.15, 0.2) is 12.3 Å². The lowest BCUT2D eigenvalue weighted by atomic mass is 10.2. The zero-order chi connectivity index (χ0) is 21.1. The van der Waals surface area contributed by atoms with Crippen molar-refractivity contribution in [1.29, 1.82) is 0 Å². The van der Waals surface area contributed by atoms with Crippen molar-refractivity contribution in [3.63, 3.8) is 0 Å². The molecule has 150 valence electrons. The molecule has 7 nitrogen and oxygen atoms in total. The second-order valence-corrected chi connectivity index (χ2v) is 7.99. The van der Waals surface area contributed by atoms with Crippen LogP contribution in [0.3, 0.4) is 0 Å². The van der Waals surface area contributed by atoms with E-state index in [1.54, 1.807) is 25.1 Å². The molecule has 0 bridgehead atoms. The number of ether oxygens (including phenoxy) is 1. The summed E-state index contributed by atoms with van der Waals surface area (Å²) < 4.78 is 11.6. The number of hydrogen-bond acceptors (Lipinski definition) is 8. The van der Waals surface area contributed by atoms with Crippen molar-refractivity contribution in [1.82, 2.24) is 15.3 Å². The Morgan fingerprint density at radius 2 is 2.07 bits per heavy atom. The van der Waals surface area contributed by atoms with E-state index in [4.69, 9.17) is 21.4 Å². The van der Waals surface area contributed by atoms with Gasteiger partial charge >= 0.3 is 0 Å². The summed E-state index contributed by atoms with van der Waals surface area (Å²) in [7, 11) is 0. The Morgan fingerprint density at radius 3 is 2.73 bits per heavy atom. The zero-order valence-electron chi connectivity index (χ0n) is 15.7. The molecule has 0 unspecified atom stereocenters. The largest absolute Gasteiger partial charge is 0.484 e. The summed E-state index contributed by atoms with van der Waals surface area (Å²) in [5, 5.41) is 2.55. The van der Waals surface area contributed by atoms with Crippen LogP contribution in [0.2, 0.25) is 0 Å². The van der Waals surface area contributed by atoms with E-state index in [2.05, 4.69) is 15.3 Å². The maximum Gasteiger partial charge on any atom is 0.263 e. The Bertz CT molecular complexity index is 1150. The normalized spacial score (nSPS) is 14.8. The van der Waals surface area contributed by atoms with E-state index in [0.29, 0.717) is 32.3 Å². The Kier molecular flexibility index (Phi) is 5.73. The van der Waals surface area contributed by atoms with Crippen molar-refractivity contribution in [2.45, 2.75) is 6.92 Å². The Balaban J connectivity index is 1.40. The van der Waals surface area contributed by atoms with E-state index in [-0.39, 0.29) is 24.0 Å². The minimum absolute atomic E-state index is 0.198. The first-order valence-corrected chi connectivity index (χ1v) is 10.1. The van der Waals surface area contributed by atoms with Crippen LogP contribution < -0.4 is 10.1 Å². The fourth-order valence-electron chi connectivity index (χ4n) is 2.69. The second kappa shape index (κ2) is 8.60. The summed E-state index contributed by atoms with van der Waals surface area (Å²) in [5.41, 5.74) is 1.61. The molecule has 3 aromatic rings. The van der Waals surface area contributed by atoms with E-state index < -0.39 is 0 Å². The molecule has 0 radical (unpaired) electrons. The molecule has 1 saturated heterocycles. The number of carbonyl (C=O) groups excluding carboxylic acids is 2. The number of thiocarbonyl (C=S) groups is 1. The lowest BCUT2D eigenvalue weighted by molar-refractivity contribution is -0.115. The third-order valence-electron chi connectivity index (χ3n) is 4.13. The molecular formula is C21H15N3O4S2. The molecule has 1 N–H and O–H groups in total. The molecule has 0 atom stereocenters. The van der Waals surface area contributed by atoms with Gasteiger partial charge in [-0.25, -0.2) is 4.98 Å². The van der Waals surface area contributed by atoms with Gasteiger partial charge in [0.2, 0.25) is 11.7 Å². The summed E-state index contributed by atoms with van der Waals surface area (Å²) in [6.45, 7) is 1.50. The highest BCUT2D eigenvalue weighted by Gasteiger charge is 2.22. The maximum absolute atomic E-state index is 12.5. The zero-order valence-corrected chi connectivity index (χ0v) is 17.4. The van der Waals surface area contributed by atoms with Crippen LogP contribution in [0.25, 0.3) is 17.5 Å². The van der Waals surface area contributed by atoms with Gasteiger partial charge < -0.3 is 14.5 Å². The molecule has 0 saturated carbocycles. The van der Waals surface area contributed by atoms with Gasteiger partial charge in [-0.05, 0) is 37.3 Å². The average Bonchev–Trinajstić information content (AvgIpc) is 3.29. The van der Waals surface area contributed by atoms with Crippen molar-refractivity contribution in [3.8, 4) is 17.2 Å². The van der Waals surface area contributed by atoms with Gasteiger partial charge in [0, 0.05) is 5.56 Å². The van der Waals surface area contributed by atoms with Gasteiger partial charge in [-0.3, -0.25) is 14.6 Å². The van der Waals surface area contributed by atoms with Crippen LogP contribution in [-0.4, -0.2) is 32.6 Å². The van der Waals surface area contributed by atoms with Crippen LogP contribution in [0, 0.1) is 6.92 Å². The standard InChI is InChI=1S/C21H15N3O4S2/c1-12-18(23-20(28-12)13-5-3-2-4-6-13)16(25)11-27-15-8-7-14(22-10-15)9-17-19(26)24-21(29)30-17/h2-10H,11H2,1H3,(H,24,26,29)/b17-9-. The summed E-state index contributed by atoms with van der Waals surface area (Å²) in [6.07, 6.45) is 3.12. The first-order valence-electron chi connectivity index (χ1n) is 8.89. The van der Waals surface area contributed by atoms with Gasteiger partial charge in [0.05, 0.1) is 16.8 Å². The van der Waals surface area contributed by atoms with Crippen molar-refractivity contribution < 1.29 is 18.7 Å². The molecule has 0 spiro atoms. The third kappa shape index (κ3) is 4.47. The number of oxazole rings is 1. The number of amides is 1. The van der Waals surface area contributed by atoms with E-state index in [9.17, 15) is 9.59 Å². The maximum atomic E-state index is 12.5. The predicted molar refractivity (Wildman–Crippen MR) is 117 cm³/mol. The molecule has 30 heavy (non-hydrogen) atoms. The highest BCUT2D eigenvalue weighted by Crippen LogP contribution is 2.26. The highest BCUT2D eigenvalue weighted by atomic mass is 32.2. The smallest absolute Gasteiger partial charge is 0.263 e. The van der Waals surface area contributed by atoms with Crippen molar-refractivity contribution in [2.75, 3.05) is 6.61 Å². The first-order chi connectivity index (χ1) is 14.5. The van der Waals surface area contributed by atoms with Crippen LogP contribution in [-0.2, 0) is 4.79 Å². The number of Topliss-reactive ketones (excluding diaryl/α,β-unsaturated/α-hetero) is 1. The minimum atomic E-state index is -0.294. The van der Waals surface area contributed by atoms with Gasteiger partial charge in [-0.2, -0.15) is 0 Å². The SMILES string of the molecule is Cc1oc(-c2ccccc2)nc1C(=O)COc1ccc(/C=C2\SC(=S)NC2=O)nc1. The van der Waals surface area contributed by atoms with E-state index in [0.717, 1.165) is 5.56 Å². The van der Waals surface area contributed by atoms with Crippen molar-refractivity contribution in [2.24, 2.45) is 0 Å². The summed E-state index contributed by atoms with van der Waals surface area (Å²) in [4.78, 5) is 33.2. The molecule has 4 rings (SSSR count). The van der Waals surface area contributed by atoms with E-state index >= 15 is 0 Å². The molecule has 1 aromatic carbocycles. The number of aromatic nitrogens is 2. The van der Waals surface area contributed by atoms with Crippen LogP contribution in [0.15, 0.2) is 58.0 Å². The van der Waals surface area contributed by atoms with Gasteiger partial charge in [-0.15, -0.1) is 0 Å². The number of ketones is 1. The quantitative estimate of drug-likeness (QED) is 0.354. The van der Waals surface area contributed by atoms with Crippen LogP contribution in [0.4, 0.5) is 0 Å². The van der Waals surface area contributed by atoms with Crippen LogP contribution in [0.5, 0.6) is 5.75 Å². The fourth-order valence-corrected chi connectivity index (χ4v) is 3.72. The third-order valence-corrected chi connectivity index (χ3v) is 5.29. The van der Waals surface area contributed by atoms with Gasteiger partial charge in [0.25, 0.3) is 5.91 Å². The van der Waals surface area contributed by atoms with E-state index in [1.165, 1.54) is 18.0 Å². The fraction of sp³-hybridized carbons (Fsp3) is 0.0952. The summed E-state index contributed by atoms with van der Waals surface area (Å²) in [5.74, 6) is 0.721. The van der Waals surface area contributed by atoms with E-state index in [1.807, 2.05) is 30.3 Å². The number of rotatable bonds is 6. The van der Waals surface area contributed by atoms with Crippen molar-refractivity contribution >= 4 is 46.1 Å². The number of nitrogens with zero attached hydrogens (tertiary/aromatic N) is 2. The average molecular weight is 438 g/mol. The monoisotopic (exact) mass is 437 g/mol. The molecular weight excluding hydrogens is 422 g/mol. The van der Waals surface area contributed by atoms with Crippen molar-refractivity contribution in [3.05, 3.63) is 70.7 Å². The molecule has 2 aromatic heterocycles. The lowest BCUT2D eigenvalue weighted by Gasteiger charge is -2.04. The predicted octanol–water partition coefficient (Wildman–Crippen LogP) is 3.80. The van der Waals surface area contributed by atoms with Crippen LogP contribution in [0.1, 0.15) is 21.9 Å². The summed E-state index contributed by atoms with van der Waals surface area (Å²) >= 11 is 6.14. The first kappa shape index (κ1) is 20.0. The van der Waals surface area contributed by atoms with Crippen LogP contribution >= 0.6 is 24.0 Å². The number of hydrogen-bond donors (Lipinski definition) is 1. The number of pyridine rings is 1. The molecule has 9 heteroatoms. The minimum Gasteiger partial charge on any atom is -0.484 e. The highest BCUT2D eigenvalue weighted by molar-refractivity contribution is 8.26. The Morgan fingerprint density at radius 1 is 1.27 bits per heavy atom.